The lowest BCUT2D eigenvalue weighted by Gasteiger charge is -2.25. The van der Waals surface area contributed by atoms with E-state index in [1.807, 2.05) is 19.1 Å². The molecule has 0 aromatic heterocycles. The van der Waals surface area contributed by atoms with Crippen molar-refractivity contribution in [2.75, 3.05) is 13.7 Å². The normalized spacial score (nSPS) is 13.6. The molecule has 0 amide bonds. The lowest BCUT2D eigenvalue weighted by molar-refractivity contribution is 0.0949. The Bertz CT molecular complexity index is 391. The summed E-state index contributed by atoms with van der Waals surface area (Å²) in [5.41, 5.74) is 2.66. The lowest BCUT2D eigenvalue weighted by atomic mass is 9.83. The van der Waals surface area contributed by atoms with Gasteiger partial charge in [0.05, 0.1) is 13.7 Å². The quantitative estimate of drug-likeness (QED) is 0.849. The molecule has 0 bridgehead atoms. The number of hydrogen-bond donors (Lipinski definition) is 2. The molecule has 0 aliphatic heterocycles. The maximum Gasteiger partial charge on any atom is 0.122 e. The zero-order chi connectivity index (χ0) is 13.2. The summed E-state index contributed by atoms with van der Waals surface area (Å²) in [5, 5.41) is 18.8. The number of methoxy groups -OCH3 is 1. The first-order valence-electron chi connectivity index (χ1n) is 5.79. The highest BCUT2D eigenvalue weighted by Crippen LogP contribution is 2.35. The van der Waals surface area contributed by atoms with Crippen LogP contribution in [-0.2, 0) is 5.41 Å². The molecule has 0 saturated carbocycles. The van der Waals surface area contributed by atoms with Gasteiger partial charge in [0, 0.05) is 0 Å². The molecule has 0 spiro atoms. The molecular formula is C14H22O3. The fourth-order valence-corrected chi connectivity index (χ4v) is 1.91. The summed E-state index contributed by atoms with van der Waals surface area (Å²) in [6.45, 7) is 7.92. The first kappa shape index (κ1) is 14.0. The predicted molar refractivity (Wildman–Crippen MR) is 68.5 cm³/mol. The van der Waals surface area contributed by atoms with E-state index in [0.717, 1.165) is 22.4 Å². The molecule has 0 heterocycles. The van der Waals surface area contributed by atoms with Gasteiger partial charge in [0.15, 0.2) is 0 Å². The molecule has 0 radical (unpaired) electrons. The summed E-state index contributed by atoms with van der Waals surface area (Å²) < 4.78 is 5.38. The number of aliphatic hydroxyl groups is 2. The van der Waals surface area contributed by atoms with Gasteiger partial charge in [0.2, 0.25) is 0 Å². The van der Waals surface area contributed by atoms with Gasteiger partial charge in [-0.25, -0.2) is 0 Å². The van der Waals surface area contributed by atoms with Crippen molar-refractivity contribution in [2.45, 2.75) is 39.2 Å². The molecular weight excluding hydrogens is 216 g/mol. The van der Waals surface area contributed by atoms with E-state index < -0.39 is 6.10 Å². The van der Waals surface area contributed by atoms with Gasteiger partial charge in [-0.2, -0.15) is 0 Å². The van der Waals surface area contributed by atoms with Crippen LogP contribution in [0, 0.1) is 6.92 Å². The molecule has 17 heavy (non-hydrogen) atoms. The summed E-state index contributed by atoms with van der Waals surface area (Å²) in [7, 11) is 1.64. The Balaban J connectivity index is 3.38. The van der Waals surface area contributed by atoms with E-state index in [2.05, 4.69) is 20.8 Å². The average Bonchev–Trinajstić information content (AvgIpc) is 2.25. The molecule has 1 rings (SSSR count). The highest BCUT2D eigenvalue weighted by atomic mass is 16.5. The van der Waals surface area contributed by atoms with Gasteiger partial charge < -0.3 is 14.9 Å². The first-order chi connectivity index (χ1) is 7.81. The summed E-state index contributed by atoms with van der Waals surface area (Å²) in [6, 6.07) is 3.84. The second kappa shape index (κ2) is 5.07. The van der Waals surface area contributed by atoms with Gasteiger partial charge in [-0.05, 0) is 41.2 Å². The molecule has 0 aliphatic carbocycles. The second-order valence-electron chi connectivity index (χ2n) is 5.36. The minimum Gasteiger partial charge on any atom is -0.496 e. The monoisotopic (exact) mass is 238 g/mol. The Morgan fingerprint density at radius 3 is 2.29 bits per heavy atom. The molecule has 1 aromatic rings. The molecule has 2 N–H and O–H groups in total. The van der Waals surface area contributed by atoms with Crippen LogP contribution >= 0.6 is 0 Å². The Morgan fingerprint density at radius 1 is 1.29 bits per heavy atom. The fourth-order valence-electron chi connectivity index (χ4n) is 1.91. The third-order valence-corrected chi connectivity index (χ3v) is 2.93. The van der Waals surface area contributed by atoms with Crippen LogP contribution in [-0.4, -0.2) is 23.9 Å². The van der Waals surface area contributed by atoms with Gasteiger partial charge >= 0.3 is 0 Å². The fraction of sp³-hybridized carbons (Fsp3) is 0.571. The number of aryl methyl sites for hydroxylation is 1. The molecule has 3 nitrogen and oxygen atoms in total. The van der Waals surface area contributed by atoms with Crippen LogP contribution < -0.4 is 4.74 Å². The van der Waals surface area contributed by atoms with Crippen LogP contribution in [0.2, 0.25) is 0 Å². The Hall–Kier alpha value is -1.06. The van der Waals surface area contributed by atoms with Gasteiger partial charge in [0.25, 0.3) is 0 Å². The number of ether oxygens (including phenoxy) is 1. The predicted octanol–water partition coefficient (Wildman–Crippen LogP) is 2.33. The Labute approximate surface area is 103 Å². The molecule has 0 aliphatic rings. The third-order valence-electron chi connectivity index (χ3n) is 2.93. The van der Waals surface area contributed by atoms with E-state index in [1.54, 1.807) is 7.11 Å². The Morgan fingerprint density at radius 2 is 1.88 bits per heavy atom. The maximum absolute atomic E-state index is 9.77. The molecule has 1 atom stereocenters. The van der Waals surface area contributed by atoms with Crippen LogP contribution in [0.4, 0.5) is 0 Å². The van der Waals surface area contributed by atoms with Crippen molar-refractivity contribution in [1.82, 2.24) is 0 Å². The van der Waals surface area contributed by atoms with Crippen molar-refractivity contribution in [3.63, 3.8) is 0 Å². The number of benzene rings is 1. The zero-order valence-electron chi connectivity index (χ0n) is 11.2. The minimum atomic E-state index is -0.831. The standard InChI is InChI=1S/C14H22O3/c1-9-6-13(17-5)11(14(2,3)4)7-10(9)12(16)8-15/h6-7,12,15-16H,8H2,1-5H3. The van der Waals surface area contributed by atoms with Gasteiger partial charge in [-0.3, -0.25) is 0 Å². The van der Waals surface area contributed by atoms with E-state index in [1.165, 1.54) is 0 Å². The minimum absolute atomic E-state index is 0.0665. The van der Waals surface area contributed by atoms with Gasteiger partial charge in [-0.15, -0.1) is 0 Å². The van der Waals surface area contributed by atoms with Crippen LogP contribution in [0.1, 0.15) is 43.6 Å². The van der Waals surface area contributed by atoms with Crippen molar-refractivity contribution in [3.8, 4) is 5.75 Å². The highest BCUT2D eigenvalue weighted by molar-refractivity contribution is 5.46. The van der Waals surface area contributed by atoms with Crippen molar-refractivity contribution < 1.29 is 14.9 Å². The summed E-state index contributed by atoms with van der Waals surface area (Å²) in [4.78, 5) is 0. The largest absolute Gasteiger partial charge is 0.496 e. The van der Waals surface area contributed by atoms with Gasteiger partial charge in [0.1, 0.15) is 11.9 Å². The number of hydrogen-bond acceptors (Lipinski definition) is 3. The number of aliphatic hydroxyl groups excluding tert-OH is 2. The van der Waals surface area contributed by atoms with Crippen molar-refractivity contribution in [2.24, 2.45) is 0 Å². The zero-order valence-corrected chi connectivity index (χ0v) is 11.2. The van der Waals surface area contributed by atoms with E-state index in [9.17, 15) is 5.11 Å². The molecule has 3 heteroatoms. The molecule has 1 aromatic carbocycles. The van der Waals surface area contributed by atoms with Crippen LogP contribution in [0.25, 0.3) is 0 Å². The molecule has 0 fully saturated rings. The van der Waals surface area contributed by atoms with Gasteiger partial charge in [-0.1, -0.05) is 20.8 Å². The smallest absolute Gasteiger partial charge is 0.122 e. The van der Waals surface area contributed by atoms with Crippen molar-refractivity contribution >= 4 is 0 Å². The molecule has 1 unspecified atom stereocenters. The topological polar surface area (TPSA) is 49.7 Å². The Kier molecular flexibility index (Phi) is 4.17. The summed E-state index contributed by atoms with van der Waals surface area (Å²) in [6.07, 6.45) is -0.831. The first-order valence-corrected chi connectivity index (χ1v) is 5.79. The second-order valence-corrected chi connectivity index (χ2v) is 5.36. The third kappa shape index (κ3) is 2.99. The number of rotatable bonds is 3. The van der Waals surface area contributed by atoms with E-state index in [-0.39, 0.29) is 12.0 Å². The van der Waals surface area contributed by atoms with E-state index >= 15 is 0 Å². The SMILES string of the molecule is COc1cc(C)c(C(O)CO)cc1C(C)(C)C. The highest BCUT2D eigenvalue weighted by Gasteiger charge is 2.22. The lowest BCUT2D eigenvalue weighted by Crippen LogP contribution is -2.15. The van der Waals surface area contributed by atoms with Crippen molar-refractivity contribution in [3.05, 3.63) is 28.8 Å². The van der Waals surface area contributed by atoms with E-state index in [4.69, 9.17) is 9.84 Å². The van der Waals surface area contributed by atoms with Crippen LogP contribution in [0.5, 0.6) is 5.75 Å². The maximum atomic E-state index is 9.77. The average molecular weight is 238 g/mol. The summed E-state index contributed by atoms with van der Waals surface area (Å²) >= 11 is 0. The summed E-state index contributed by atoms with van der Waals surface area (Å²) in [5.74, 6) is 0.823. The van der Waals surface area contributed by atoms with Crippen molar-refractivity contribution in [1.29, 1.82) is 0 Å². The van der Waals surface area contributed by atoms with Crippen LogP contribution in [0.15, 0.2) is 12.1 Å². The molecule has 0 saturated heterocycles. The molecule has 96 valence electrons. The van der Waals surface area contributed by atoms with E-state index in [0.29, 0.717) is 0 Å². The van der Waals surface area contributed by atoms with Crippen LogP contribution in [0.3, 0.4) is 0 Å².